The lowest BCUT2D eigenvalue weighted by atomic mass is 9.99. The molecule has 0 saturated heterocycles. The van der Waals surface area contributed by atoms with Crippen molar-refractivity contribution in [1.29, 1.82) is 0 Å². The number of methoxy groups -OCH3 is 1. The Labute approximate surface area is 140 Å². The summed E-state index contributed by atoms with van der Waals surface area (Å²) in [6, 6.07) is 9.30. The van der Waals surface area contributed by atoms with Gasteiger partial charge in [-0.3, -0.25) is 0 Å². The summed E-state index contributed by atoms with van der Waals surface area (Å²) in [6.45, 7) is 12.5. The molecule has 0 bridgehead atoms. The van der Waals surface area contributed by atoms with Gasteiger partial charge in [0.1, 0.15) is 0 Å². The third kappa shape index (κ3) is 4.69. The molecule has 0 radical (unpaired) electrons. The van der Waals surface area contributed by atoms with E-state index >= 15 is 0 Å². The number of hydrogen-bond acceptors (Lipinski definition) is 4. The smallest absolute Gasteiger partial charge is 0.339 e. The number of ether oxygens (including phenoxy) is 1. The maximum Gasteiger partial charge on any atom is 0.339 e. The van der Waals surface area contributed by atoms with E-state index < -0.39 is 20.4 Å². The zero-order chi connectivity index (χ0) is 17.8. The van der Waals surface area contributed by atoms with Gasteiger partial charge in [0.25, 0.3) is 0 Å². The van der Waals surface area contributed by atoms with Crippen molar-refractivity contribution in [3.8, 4) is 0 Å². The van der Waals surface area contributed by atoms with Crippen molar-refractivity contribution in [3.05, 3.63) is 41.7 Å². The average molecular weight is 337 g/mol. The molecule has 1 rings (SSSR count). The fourth-order valence-corrected chi connectivity index (χ4v) is 3.17. The van der Waals surface area contributed by atoms with Crippen LogP contribution in [0.25, 0.3) is 5.57 Å². The van der Waals surface area contributed by atoms with Crippen LogP contribution in [-0.4, -0.2) is 32.6 Å². The second kappa shape index (κ2) is 7.32. The van der Waals surface area contributed by atoms with E-state index in [2.05, 4.69) is 33.9 Å². The maximum absolute atomic E-state index is 11.8. The second-order valence-electron chi connectivity index (χ2n) is 7.12. The summed E-state index contributed by atoms with van der Waals surface area (Å²) in [7, 11) is -0.813. The Morgan fingerprint density at radius 2 is 1.70 bits per heavy atom. The molecule has 0 aliphatic rings. The number of aliphatic hydroxyl groups excluding tert-OH is 1. The predicted octanol–water partition coefficient (Wildman–Crippen LogP) is 3.97. The van der Waals surface area contributed by atoms with Gasteiger partial charge in [0.15, 0.2) is 6.10 Å². The molecule has 0 spiro atoms. The summed E-state index contributed by atoms with van der Waals surface area (Å²) in [5, 5.41) is 10.4. The highest BCUT2D eigenvalue weighted by Crippen LogP contribution is 2.39. The molecule has 0 heterocycles. The van der Waals surface area contributed by atoms with E-state index in [1.54, 1.807) is 6.92 Å². The Hall–Kier alpha value is -1.59. The minimum atomic E-state index is -2.08. The van der Waals surface area contributed by atoms with Gasteiger partial charge < -0.3 is 14.3 Å². The first kappa shape index (κ1) is 19.5. The number of carbonyl (C=O) groups is 1. The summed E-state index contributed by atoms with van der Waals surface area (Å²) < 4.78 is 11.0. The summed E-state index contributed by atoms with van der Waals surface area (Å²) in [5.41, 5.74) is 1.21. The van der Waals surface area contributed by atoms with Crippen LogP contribution in [0.2, 0.25) is 18.1 Å². The van der Waals surface area contributed by atoms with Crippen LogP contribution in [0.3, 0.4) is 0 Å². The third-order valence-corrected chi connectivity index (χ3v) is 8.81. The van der Waals surface area contributed by atoms with E-state index in [1.807, 2.05) is 30.3 Å². The molecule has 1 aromatic carbocycles. The van der Waals surface area contributed by atoms with Crippen LogP contribution >= 0.6 is 0 Å². The summed E-state index contributed by atoms with van der Waals surface area (Å²) in [5.74, 6) is -0.122. The van der Waals surface area contributed by atoms with Crippen molar-refractivity contribution in [2.45, 2.75) is 51.9 Å². The number of carbonyl (C=O) groups excluding carboxylic acids is 1. The van der Waals surface area contributed by atoms with Crippen LogP contribution in [0.5, 0.6) is 0 Å². The van der Waals surface area contributed by atoms with Gasteiger partial charge in [0, 0.05) is 5.57 Å². The number of esters is 1. The summed E-state index contributed by atoms with van der Waals surface area (Å²) in [4.78, 5) is 11.8. The molecule has 1 unspecified atom stereocenters. The Balaban J connectivity index is 3.35. The Bertz CT molecular complexity index is 570. The summed E-state index contributed by atoms with van der Waals surface area (Å²) >= 11 is 0. The molecule has 0 fully saturated rings. The second-order valence-corrected chi connectivity index (χ2v) is 11.8. The monoisotopic (exact) mass is 336 g/mol. The van der Waals surface area contributed by atoms with Gasteiger partial charge in [0.05, 0.1) is 12.9 Å². The van der Waals surface area contributed by atoms with Crippen molar-refractivity contribution in [2.24, 2.45) is 0 Å². The van der Waals surface area contributed by atoms with Gasteiger partial charge in [-0.2, -0.15) is 0 Å². The molecule has 5 heteroatoms. The largest absolute Gasteiger partial charge is 0.546 e. The molecule has 0 saturated carbocycles. The molecule has 23 heavy (non-hydrogen) atoms. The highest BCUT2D eigenvalue weighted by Gasteiger charge is 2.40. The van der Waals surface area contributed by atoms with E-state index in [0.29, 0.717) is 11.3 Å². The molecule has 1 N–H and O–H groups in total. The van der Waals surface area contributed by atoms with E-state index in [9.17, 15) is 9.90 Å². The van der Waals surface area contributed by atoms with Gasteiger partial charge >= 0.3 is 5.97 Å². The SMILES string of the molecule is COC(=O)C(O)/C(=C(/C)O[Si](C)(C)C(C)(C)C)c1ccccc1. The number of rotatable bonds is 5. The lowest BCUT2D eigenvalue weighted by Gasteiger charge is -2.37. The molecule has 0 aliphatic heterocycles. The normalized spacial score (nSPS) is 14.8. The van der Waals surface area contributed by atoms with E-state index in [-0.39, 0.29) is 5.04 Å². The minimum Gasteiger partial charge on any atom is -0.546 e. The highest BCUT2D eigenvalue weighted by atomic mass is 28.4. The lowest BCUT2D eigenvalue weighted by molar-refractivity contribution is -0.147. The van der Waals surface area contributed by atoms with Crippen molar-refractivity contribution >= 4 is 19.9 Å². The first-order valence-electron chi connectivity index (χ1n) is 7.72. The minimum absolute atomic E-state index is 0.0201. The predicted molar refractivity (Wildman–Crippen MR) is 95.3 cm³/mol. The Morgan fingerprint density at radius 3 is 2.13 bits per heavy atom. The number of aliphatic hydroxyl groups is 1. The van der Waals surface area contributed by atoms with Crippen LogP contribution in [0.1, 0.15) is 33.3 Å². The standard InChI is InChI=1S/C18H28O4Si/c1-13(22-23(6,7)18(2,3)4)15(16(19)17(20)21-5)14-11-9-8-10-12-14/h8-12,16,19H,1-7H3/b15-13-. The molecule has 0 aromatic heterocycles. The fourth-order valence-electron chi connectivity index (χ4n) is 1.99. The van der Waals surface area contributed by atoms with Crippen LogP contribution in [0, 0.1) is 0 Å². The molecule has 128 valence electrons. The van der Waals surface area contributed by atoms with Gasteiger partial charge in [-0.25, -0.2) is 4.79 Å². The zero-order valence-corrected chi connectivity index (χ0v) is 16.1. The van der Waals surface area contributed by atoms with Crippen molar-refractivity contribution in [3.63, 3.8) is 0 Å². The molecule has 0 amide bonds. The van der Waals surface area contributed by atoms with Gasteiger partial charge in [0.2, 0.25) is 8.32 Å². The lowest BCUT2D eigenvalue weighted by Crippen LogP contribution is -2.40. The van der Waals surface area contributed by atoms with Crippen LogP contribution in [-0.2, 0) is 14.0 Å². The number of hydrogen-bond donors (Lipinski definition) is 1. The Morgan fingerprint density at radius 1 is 1.17 bits per heavy atom. The van der Waals surface area contributed by atoms with Crippen LogP contribution in [0.4, 0.5) is 0 Å². The van der Waals surface area contributed by atoms with E-state index in [1.165, 1.54) is 7.11 Å². The molecular weight excluding hydrogens is 308 g/mol. The molecular formula is C18H28O4Si. The molecule has 0 aliphatic carbocycles. The van der Waals surface area contributed by atoms with Gasteiger partial charge in [-0.1, -0.05) is 51.1 Å². The summed E-state index contributed by atoms with van der Waals surface area (Å²) in [6.07, 6.45) is -1.37. The zero-order valence-electron chi connectivity index (χ0n) is 15.1. The highest BCUT2D eigenvalue weighted by molar-refractivity contribution is 6.74. The fraction of sp³-hybridized carbons (Fsp3) is 0.500. The van der Waals surface area contributed by atoms with Crippen LogP contribution in [0.15, 0.2) is 36.1 Å². The quantitative estimate of drug-likeness (QED) is 0.502. The first-order chi connectivity index (χ1) is 10.5. The first-order valence-corrected chi connectivity index (χ1v) is 10.6. The third-order valence-electron chi connectivity index (χ3n) is 4.38. The van der Waals surface area contributed by atoms with E-state index in [0.717, 1.165) is 5.56 Å². The van der Waals surface area contributed by atoms with E-state index in [4.69, 9.17) is 9.16 Å². The number of allylic oxidation sites excluding steroid dienone is 1. The van der Waals surface area contributed by atoms with Gasteiger partial charge in [-0.05, 0) is 30.6 Å². The van der Waals surface area contributed by atoms with Crippen molar-refractivity contribution in [1.82, 2.24) is 0 Å². The Kier molecular flexibility index (Phi) is 6.19. The van der Waals surface area contributed by atoms with Crippen molar-refractivity contribution < 1.29 is 19.1 Å². The van der Waals surface area contributed by atoms with Crippen LogP contribution < -0.4 is 0 Å². The van der Waals surface area contributed by atoms with Gasteiger partial charge in [-0.15, -0.1) is 0 Å². The average Bonchev–Trinajstić information content (AvgIpc) is 2.45. The topological polar surface area (TPSA) is 55.8 Å². The number of benzene rings is 1. The molecule has 1 atom stereocenters. The van der Waals surface area contributed by atoms with Crippen molar-refractivity contribution in [2.75, 3.05) is 7.11 Å². The maximum atomic E-state index is 11.8. The molecule has 4 nitrogen and oxygen atoms in total. The molecule has 1 aromatic rings.